The quantitative estimate of drug-likeness (QED) is 0.278. The first-order chi connectivity index (χ1) is 15.2. The first-order valence-corrected chi connectivity index (χ1v) is 9.88. The van der Waals surface area contributed by atoms with Crippen LogP contribution in [-0.2, 0) is 17.2 Å². The molecule has 0 saturated heterocycles. The van der Waals surface area contributed by atoms with E-state index in [0.29, 0.717) is 11.6 Å². The maximum absolute atomic E-state index is 14.6. The number of hydrogen-bond donors (Lipinski definition) is 0. The van der Waals surface area contributed by atoms with Crippen molar-refractivity contribution in [2.45, 2.75) is 56.1 Å². The minimum absolute atomic E-state index is 0.189. The topological polar surface area (TPSA) is 0 Å². The lowest BCUT2D eigenvalue weighted by Crippen LogP contribution is -2.50. The summed E-state index contributed by atoms with van der Waals surface area (Å²) in [4.78, 5) is 0. The summed E-state index contributed by atoms with van der Waals surface area (Å²) >= 11 is 0. The Morgan fingerprint density at radius 2 is 1.21 bits per heavy atom. The number of alkyl halides is 10. The highest BCUT2D eigenvalue weighted by Gasteiger charge is 2.73. The molecule has 0 heterocycles. The second-order valence-corrected chi connectivity index (χ2v) is 8.50. The monoisotopic (exact) mass is 497 g/mol. The highest BCUT2D eigenvalue weighted by Crippen LogP contribution is 2.54. The molecule has 0 spiro atoms. The van der Waals surface area contributed by atoms with E-state index in [4.69, 9.17) is 0 Å². The Kier molecular flexibility index (Phi) is 7.32. The first kappa shape index (κ1) is 27.8. The van der Waals surface area contributed by atoms with Gasteiger partial charge in [0.2, 0.25) is 0 Å². The zero-order valence-electron chi connectivity index (χ0n) is 18.3. The van der Waals surface area contributed by atoms with Gasteiger partial charge < -0.3 is 0 Å². The van der Waals surface area contributed by atoms with E-state index in [1.54, 1.807) is 44.2 Å². The van der Waals surface area contributed by atoms with Gasteiger partial charge >= 0.3 is 24.2 Å². The Labute approximate surface area is 190 Å². The second-order valence-electron chi connectivity index (χ2n) is 8.50. The predicted molar refractivity (Wildman–Crippen MR) is 110 cm³/mol. The second kappa shape index (κ2) is 8.96. The predicted octanol–water partition coefficient (Wildman–Crippen LogP) is 8.34. The molecular formula is C23H20BF10. The van der Waals surface area contributed by atoms with Crippen LogP contribution in [-0.4, -0.2) is 19.6 Å². The van der Waals surface area contributed by atoms with Gasteiger partial charge in [0.25, 0.3) is 0 Å². The van der Waals surface area contributed by atoms with Gasteiger partial charge in [-0.05, 0) is 28.8 Å². The molecule has 1 radical (unpaired) electrons. The average molecular weight is 497 g/mol. The van der Waals surface area contributed by atoms with Crippen molar-refractivity contribution in [1.82, 2.24) is 0 Å². The Balaban J connectivity index is 2.61. The van der Waals surface area contributed by atoms with Crippen molar-refractivity contribution in [3.8, 4) is 0 Å². The van der Waals surface area contributed by atoms with E-state index in [1.165, 1.54) is 14.2 Å². The van der Waals surface area contributed by atoms with Gasteiger partial charge in [-0.15, -0.1) is 0 Å². The molecule has 0 saturated carbocycles. The summed E-state index contributed by atoms with van der Waals surface area (Å²) in [5, 5.41) is -0.853. The van der Waals surface area contributed by atoms with Crippen molar-refractivity contribution in [3.63, 3.8) is 0 Å². The van der Waals surface area contributed by atoms with E-state index in [2.05, 4.69) is 6.58 Å². The maximum atomic E-state index is 14.6. The van der Waals surface area contributed by atoms with E-state index in [9.17, 15) is 43.9 Å². The molecule has 185 valence electrons. The van der Waals surface area contributed by atoms with Gasteiger partial charge in [-0.25, -0.2) is 4.39 Å². The smallest absolute Gasteiger partial charge is 0.218 e. The molecule has 0 nitrogen and oxygen atoms in total. The molecule has 34 heavy (non-hydrogen) atoms. The molecule has 0 aliphatic rings. The van der Waals surface area contributed by atoms with Crippen LogP contribution >= 0.6 is 0 Å². The highest BCUT2D eigenvalue weighted by molar-refractivity contribution is 6.42. The van der Waals surface area contributed by atoms with Crippen LogP contribution in [0.4, 0.5) is 43.9 Å². The molecule has 2 aromatic rings. The van der Waals surface area contributed by atoms with Gasteiger partial charge in [-0.2, -0.15) is 39.5 Å². The normalized spacial score (nSPS) is 14.6. The fraction of sp³-hybridized carbons (Fsp3) is 0.391. The average Bonchev–Trinajstić information content (AvgIpc) is 2.70. The molecule has 2 aromatic carbocycles. The SMILES string of the molecule is C=Cc1ccc(C(C)(C)[B]C(C)c2cc(C(F)(F)F)cc(C(F)(C(F)(F)F)C(F)(F)F)c2)cc1. The molecule has 0 fully saturated rings. The Hall–Kier alpha value is -2.46. The number of halogens is 10. The summed E-state index contributed by atoms with van der Waals surface area (Å²) in [7, 11) is 1.47. The van der Waals surface area contributed by atoms with Crippen LogP contribution in [0.1, 0.15) is 54.4 Å². The lowest BCUT2D eigenvalue weighted by Gasteiger charge is -2.32. The molecule has 1 unspecified atom stereocenters. The summed E-state index contributed by atoms with van der Waals surface area (Å²) < 4.78 is 134. The summed E-state index contributed by atoms with van der Waals surface area (Å²) in [6.07, 6.45) is -16.8. The van der Waals surface area contributed by atoms with Crippen LogP contribution in [0.15, 0.2) is 49.0 Å². The van der Waals surface area contributed by atoms with Gasteiger partial charge in [0.05, 0.1) is 5.56 Å². The third-order valence-corrected chi connectivity index (χ3v) is 5.54. The van der Waals surface area contributed by atoms with Crippen LogP contribution in [0.3, 0.4) is 0 Å². The number of benzene rings is 2. The van der Waals surface area contributed by atoms with Crippen molar-refractivity contribution in [3.05, 3.63) is 76.9 Å². The van der Waals surface area contributed by atoms with Crippen LogP contribution in [0.25, 0.3) is 6.08 Å². The summed E-state index contributed by atoms with van der Waals surface area (Å²) in [6.45, 7) is 8.26. The minimum atomic E-state index is -6.54. The Morgan fingerprint density at radius 1 is 0.735 bits per heavy atom. The Morgan fingerprint density at radius 3 is 1.62 bits per heavy atom. The summed E-state index contributed by atoms with van der Waals surface area (Å²) in [5.74, 6) is -1.07. The van der Waals surface area contributed by atoms with Crippen LogP contribution in [0.2, 0.25) is 0 Å². The fourth-order valence-electron chi connectivity index (χ4n) is 3.63. The highest BCUT2D eigenvalue weighted by atomic mass is 19.4. The third kappa shape index (κ3) is 5.44. The molecule has 0 aliphatic heterocycles. The largest absolute Gasteiger partial charge is 0.435 e. The zero-order chi connectivity index (χ0) is 26.3. The Bertz CT molecular complexity index is 1000. The molecule has 0 aromatic heterocycles. The minimum Gasteiger partial charge on any atom is -0.218 e. The van der Waals surface area contributed by atoms with Gasteiger partial charge in [-0.1, -0.05) is 74.9 Å². The van der Waals surface area contributed by atoms with E-state index in [0.717, 1.165) is 5.56 Å². The molecule has 0 aliphatic carbocycles. The van der Waals surface area contributed by atoms with E-state index in [1.807, 2.05) is 0 Å². The van der Waals surface area contributed by atoms with Gasteiger partial charge in [0.15, 0.2) is 0 Å². The lowest BCUT2D eigenvalue weighted by molar-refractivity contribution is -0.348. The maximum Gasteiger partial charge on any atom is 0.435 e. The van der Waals surface area contributed by atoms with Crippen LogP contribution in [0.5, 0.6) is 0 Å². The first-order valence-electron chi connectivity index (χ1n) is 9.88. The fourth-order valence-corrected chi connectivity index (χ4v) is 3.63. The van der Waals surface area contributed by atoms with Gasteiger partial charge in [0, 0.05) is 5.56 Å². The van der Waals surface area contributed by atoms with Crippen molar-refractivity contribution in [2.75, 3.05) is 0 Å². The number of hydrogen-bond acceptors (Lipinski definition) is 0. The van der Waals surface area contributed by atoms with Crippen molar-refractivity contribution >= 4 is 13.4 Å². The molecule has 0 amide bonds. The molecule has 0 bridgehead atoms. The zero-order valence-corrected chi connectivity index (χ0v) is 18.3. The number of rotatable bonds is 6. The van der Waals surface area contributed by atoms with Crippen LogP contribution < -0.4 is 0 Å². The summed E-state index contributed by atoms with van der Waals surface area (Å²) in [6, 6.07) is 7.01. The van der Waals surface area contributed by atoms with E-state index >= 15 is 0 Å². The van der Waals surface area contributed by atoms with Crippen molar-refractivity contribution in [2.24, 2.45) is 0 Å². The molecule has 1 atom stereocenters. The molecule has 0 N–H and O–H groups in total. The molecule has 11 heteroatoms. The van der Waals surface area contributed by atoms with Crippen molar-refractivity contribution in [1.29, 1.82) is 0 Å². The lowest BCUT2D eigenvalue weighted by atomic mass is 9.44. The van der Waals surface area contributed by atoms with Gasteiger partial charge in [0.1, 0.15) is 7.28 Å². The van der Waals surface area contributed by atoms with Gasteiger partial charge in [-0.3, -0.25) is 0 Å². The van der Waals surface area contributed by atoms with E-state index < -0.39 is 58.1 Å². The van der Waals surface area contributed by atoms with Crippen molar-refractivity contribution < 1.29 is 43.9 Å². The molecule has 2 rings (SSSR count). The summed E-state index contributed by atoms with van der Waals surface area (Å²) in [5.41, 5.74) is -9.05. The van der Waals surface area contributed by atoms with Crippen LogP contribution in [0, 0.1) is 0 Å². The standard InChI is InChI=1S/C23H20BF10/c1-5-14-6-8-16(9-7-14)19(3,4)24-13(2)15-10-17(12-18(11-15)21(26,27)28)20(25,22(29,30)31)23(32,33)34/h5-13H,1H2,2-4H3. The molecular weight excluding hydrogens is 477 g/mol. The third-order valence-electron chi connectivity index (χ3n) is 5.54. The van der Waals surface area contributed by atoms with E-state index in [-0.39, 0.29) is 6.07 Å².